The van der Waals surface area contributed by atoms with Crippen molar-refractivity contribution in [1.29, 1.82) is 5.26 Å². The highest BCUT2D eigenvalue weighted by molar-refractivity contribution is 6.37. The first kappa shape index (κ1) is 20.5. The van der Waals surface area contributed by atoms with Crippen LogP contribution in [-0.2, 0) is 4.79 Å². The van der Waals surface area contributed by atoms with Crippen molar-refractivity contribution in [2.24, 2.45) is 0 Å². The number of amides is 1. The quantitative estimate of drug-likeness (QED) is 0.495. The van der Waals surface area contributed by atoms with E-state index in [1.165, 1.54) is 6.07 Å². The molecule has 0 saturated carbocycles. The van der Waals surface area contributed by atoms with Crippen molar-refractivity contribution in [2.75, 3.05) is 5.32 Å². The molecule has 1 amide bonds. The van der Waals surface area contributed by atoms with Gasteiger partial charge in [0.25, 0.3) is 0 Å². The normalized spacial score (nSPS) is 10.3. The van der Waals surface area contributed by atoms with Crippen LogP contribution in [0.15, 0.2) is 54.6 Å². The molecule has 0 aliphatic carbocycles. The zero-order valence-corrected chi connectivity index (χ0v) is 16.9. The molecule has 7 heteroatoms. The van der Waals surface area contributed by atoms with Crippen molar-refractivity contribution in [3.05, 3.63) is 70.2 Å². The van der Waals surface area contributed by atoms with E-state index < -0.39 is 0 Å². The Morgan fingerprint density at radius 1 is 1.14 bits per heavy atom. The van der Waals surface area contributed by atoms with Crippen LogP contribution in [0.2, 0.25) is 10.0 Å². The van der Waals surface area contributed by atoms with Gasteiger partial charge in [-0.3, -0.25) is 4.79 Å². The molecule has 5 nitrogen and oxygen atoms in total. The number of rotatable bonds is 5. The van der Waals surface area contributed by atoms with Crippen LogP contribution < -0.4 is 10.1 Å². The van der Waals surface area contributed by atoms with Crippen LogP contribution in [0.25, 0.3) is 11.1 Å². The van der Waals surface area contributed by atoms with Crippen LogP contribution >= 0.6 is 23.2 Å². The number of carbonyl (C=O) groups is 1. The number of hydrogen-bond acceptors (Lipinski definition) is 4. The fraction of sp³-hybridized carbons (Fsp3) is 0.0909. The Labute approximate surface area is 178 Å². The van der Waals surface area contributed by atoms with Gasteiger partial charge in [0.1, 0.15) is 11.5 Å². The van der Waals surface area contributed by atoms with Gasteiger partial charge in [-0.1, -0.05) is 42.3 Å². The first-order valence-electron chi connectivity index (χ1n) is 8.71. The Bertz CT molecular complexity index is 1100. The highest BCUT2D eigenvalue weighted by Gasteiger charge is 2.14. The number of nitrogens with one attached hydrogen (secondary N) is 1. The second-order valence-corrected chi connectivity index (χ2v) is 6.96. The van der Waals surface area contributed by atoms with E-state index in [-0.39, 0.29) is 27.5 Å². The lowest BCUT2D eigenvalue weighted by atomic mass is 10.0. The molecule has 146 valence electrons. The van der Waals surface area contributed by atoms with Crippen LogP contribution in [0.3, 0.4) is 0 Å². The molecule has 3 aromatic carbocycles. The molecule has 0 radical (unpaired) electrons. The lowest BCUT2D eigenvalue weighted by molar-refractivity contribution is -0.115. The number of nitrogens with zero attached hydrogens (tertiary/aromatic N) is 1. The molecular weight excluding hydrogens is 411 g/mol. The SMILES string of the molecule is CCC(=O)Nc1cc(Cl)c(Oc2ccc(O)c(-c3cccc(C#N)c3)c2)c(Cl)c1. The highest BCUT2D eigenvalue weighted by Crippen LogP contribution is 2.41. The van der Waals surface area contributed by atoms with Gasteiger partial charge in [0.15, 0.2) is 5.75 Å². The van der Waals surface area contributed by atoms with E-state index in [9.17, 15) is 9.90 Å². The molecule has 0 saturated heterocycles. The van der Waals surface area contributed by atoms with Gasteiger partial charge in [-0.2, -0.15) is 5.26 Å². The summed E-state index contributed by atoms with van der Waals surface area (Å²) in [6.07, 6.45) is 0.330. The minimum atomic E-state index is -0.159. The molecule has 0 aromatic heterocycles. The summed E-state index contributed by atoms with van der Waals surface area (Å²) < 4.78 is 5.85. The Balaban J connectivity index is 1.93. The van der Waals surface area contributed by atoms with E-state index in [1.54, 1.807) is 55.5 Å². The smallest absolute Gasteiger partial charge is 0.224 e. The zero-order chi connectivity index (χ0) is 21.0. The van der Waals surface area contributed by atoms with Crippen LogP contribution in [0, 0.1) is 11.3 Å². The maximum absolute atomic E-state index is 11.6. The first-order chi connectivity index (χ1) is 13.9. The molecule has 2 N–H and O–H groups in total. The third kappa shape index (κ3) is 4.80. The van der Waals surface area contributed by atoms with Crippen molar-refractivity contribution in [3.63, 3.8) is 0 Å². The summed E-state index contributed by atoms with van der Waals surface area (Å²) in [5.74, 6) is 0.510. The topological polar surface area (TPSA) is 82.3 Å². The number of phenolic OH excluding ortho intramolecular Hbond substituents is 1. The molecule has 0 spiro atoms. The maximum atomic E-state index is 11.6. The minimum Gasteiger partial charge on any atom is -0.507 e. The van der Waals surface area contributed by atoms with Crippen LogP contribution in [-0.4, -0.2) is 11.0 Å². The summed E-state index contributed by atoms with van der Waals surface area (Å²) in [5, 5.41) is 22.5. The predicted molar refractivity (Wildman–Crippen MR) is 114 cm³/mol. The van der Waals surface area contributed by atoms with Crippen molar-refractivity contribution in [1.82, 2.24) is 0 Å². The van der Waals surface area contributed by atoms with Gasteiger partial charge < -0.3 is 15.2 Å². The summed E-state index contributed by atoms with van der Waals surface area (Å²) in [6.45, 7) is 1.74. The number of carbonyl (C=O) groups excluding carboxylic acids is 1. The largest absolute Gasteiger partial charge is 0.507 e. The number of halogens is 2. The van der Waals surface area contributed by atoms with Gasteiger partial charge in [-0.05, 0) is 48.0 Å². The number of benzene rings is 3. The second kappa shape index (κ2) is 8.87. The molecule has 0 aliphatic rings. The Morgan fingerprint density at radius 3 is 2.52 bits per heavy atom. The number of nitriles is 1. The highest BCUT2D eigenvalue weighted by atomic mass is 35.5. The Kier molecular flexibility index (Phi) is 6.28. The minimum absolute atomic E-state index is 0.0438. The van der Waals surface area contributed by atoms with Gasteiger partial charge in [0.2, 0.25) is 5.91 Å². The van der Waals surface area contributed by atoms with Gasteiger partial charge in [-0.15, -0.1) is 0 Å². The third-order valence-electron chi connectivity index (χ3n) is 4.09. The standard InChI is InChI=1S/C22H16Cl2N2O3/c1-2-21(28)26-15-9-18(23)22(19(24)10-15)29-16-6-7-20(27)17(11-16)14-5-3-4-13(8-14)12-25/h3-11,27H,2H2,1H3,(H,26,28). The van der Waals surface area contributed by atoms with Crippen molar-refractivity contribution >= 4 is 34.8 Å². The number of ether oxygens (including phenoxy) is 1. The average Bonchev–Trinajstić information content (AvgIpc) is 2.71. The van der Waals surface area contributed by atoms with Gasteiger partial charge >= 0.3 is 0 Å². The Hall–Kier alpha value is -3.20. The molecular formula is C22H16Cl2N2O3. The lowest BCUT2D eigenvalue weighted by Crippen LogP contribution is -2.09. The van der Waals surface area contributed by atoms with Crippen molar-refractivity contribution in [3.8, 4) is 34.4 Å². The first-order valence-corrected chi connectivity index (χ1v) is 9.47. The van der Waals surface area contributed by atoms with Crippen LogP contribution in [0.5, 0.6) is 17.2 Å². The van der Waals surface area contributed by atoms with E-state index in [4.69, 9.17) is 33.2 Å². The molecule has 0 fully saturated rings. The number of anilines is 1. The maximum Gasteiger partial charge on any atom is 0.224 e. The van der Waals surface area contributed by atoms with Crippen LogP contribution in [0.4, 0.5) is 5.69 Å². The number of hydrogen-bond donors (Lipinski definition) is 2. The number of phenols is 1. The molecule has 3 rings (SSSR count). The van der Waals surface area contributed by atoms with Gasteiger partial charge in [-0.25, -0.2) is 0 Å². The van der Waals surface area contributed by atoms with E-state index in [0.29, 0.717) is 34.5 Å². The lowest BCUT2D eigenvalue weighted by Gasteiger charge is -2.14. The predicted octanol–water partition coefficient (Wildman–Crippen LogP) is 6.38. The average molecular weight is 427 g/mol. The summed E-state index contributed by atoms with van der Waals surface area (Å²) in [6, 6.07) is 16.7. The summed E-state index contributed by atoms with van der Waals surface area (Å²) in [7, 11) is 0. The molecule has 0 unspecified atom stereocenters. The molecule has 0 heterocycles. The van der Waals surface area contributed by atoms with E-state index in [2.05, 4.69) is 11.4 Å². The molecule has 3 aromatic rings. The second-order valence-electron chi connectivity index (χ2n) is 6.14. The van der Waals surface area contributed by atoms with E-state index in [1.807, 2.05) is 0 Å². The van der Waals surface area contributed by atoms with Gasteiger partial charge in [0, 0.05) is 17.7 Å². The summed E-state index contributed by atoms with van der Waals surface area (Å²) >= 11 is 12.6. The fourth-order valence-corrected chi connectivity index (χ4v) is 3.23. The van der Waals surface area contributed by atoms with E-state index in [0.717, 1.165) is 0 Å². The molecule has 29 heavy (non-hydrogen) atoms. The number of aromatic hydroxyl groups is 1. The third-order valence-corrected chi connectivity index (χ3v) is 4.66. The zero-order valence-electron chi connectivity index (χ0n) is 15.4. The van der Waals surface area contributed by atoms with Crippen LogP contribution in [0.1, 0.15) is 18.9 Å². The van der Waals surface area contributed by atoms with Crippen molar-refractivity contribution in [2.45, 2.75) is 13.3 Å². The molecule has 0 aliphatic heterocycles. The summed E-state index contributed by atoms with van der Waals surface area (Å²) in [4.78, 5) is 11.6. The van der Waals surface area contributed by atoms with E-state index >= 15 is 0 Å². The monoisotopic (exact) mass is 426 g/mol. The molecule has 0 bridgehead atoms. The summed E-state index contributed by atoms with van der Waals surface area (Å²) in [5.41, 5.74) is 2.11. The van der Waals surface area contributed by atoms with Crippen molar-refractivity contribution < 1.29 is 14.6 Å². The fourth-order valence-electron chi connectivity index (χ4n) is 2.66. The molecule has 0 atom stereocenters. The van der Waals surface area contributed by atoms with Gasteiger partial charge in [0.05, 0.1) is 21.7 Å². The Morgan fingerprint density at radius 2 is 1.86 bits per heavy atom.